The Morgan fingerprint density at radius 2 is 0.912 bits per heavy atom. The average molecular weight is 563 g/mol. The molecular weight excluding hydrogens is 534 g/mol. The molecule has 6 aromatic carbocycles. The molecule has 0 heterocycles. The number of aryl methyl sites for hydroxylation is 2. The average Bonchev–Trinajstić information content (AvgIpc) is 3.36. The number of hydrogen-bond donors (Lipinski definition) is 0. The molecule has 0 aliphatic carbocycles. The van der Waals surface area contributed by atoms with Crippen LogP contribution in [0.4, 0.5) is 0 Å². The summed E-state index contributed by atoms with van der Waals surface area (Å²) in [4.78, 5) is 0. The van der Waals surface area contributed by atoms with Crippen molar-refractivity contribution >= 4 is 43.1 Å². The topological polar surface area (TPSA) is 0 Å². The molecule has 34 heavy (non-hydrogen) atoms. The van der Waals surface area contributed by atoms with Crippen LogP contribution in [0.3, 0.4) is 0 Å². The van der Waals surface area contributed by atoms with E-state index in [2.05, 4.69) is 125 Å². The molecule has 6 aromatic rings. The van der Waals surface area contributed by atoms with Gasteiger partial charge in [-0.1, -0.05) is 85.3 Å². The largest absolute Gasteiger partial charge is 2.00 e. The van der Waals surface area contributed by atoms with E-state index in [0.29, 0.717) is 0 Å². The van der Waals surface area contributed by atoms with Crippen LogP contribution in [0.25, 0.3) is 43.1 Å². The summed E-state index contributed by atoms with van der Waals surface area (Å²) in [6, 6.07) is 34.9. The smallest absolute Gasteiger partial charge is 1.00 e. The van der Waals surface area contributed by atoms with Gasteiger partial charge in [0, 0.05) is 0 Å². The van der Waals surface area contributed by atoms with Crippen molar-refractivity contribution in [2.24, 2.45) is 0 Å². The van der Waals surface area contributed by atoms with Gasteiger partial charge in [0.2, 0.25) is 0 Å². The van der Waals surface area contributed by atoms with Crippen molar-refractivity contribution < 1.29 is 51.0 Å². The molecule has 174 valence electrons. The zero-order chi connectivity index (χ0) is 21.8. The van der Waals surface area contributed by atoms with Gasteiger partial charge in [-0.05, 0) is 10.8 Å². The normalized spacial score (nSPS) is 9.76. The number of hydrogen-bond acceptors (Lipinski definition) is 0. The van der Waals surface area contributed by atoms with Crippen LogP contribution in [0.1, 0.15) is 17.5 Å². The van der Waals surface area contributed by atoms with Crippen LogP contribution in [0, 0.1) is 27.7 Å². The fourth-order valence-corrected chi connectivity index (χ4v) is 4.23. The van der Waals surface area contributed by atoms with Crippen LogP contribution >= 0.6 is 0 Å². The zero-order valence-electron chi connectivity index (χ0n) is 19.6. The standard InChI is InChI=1S/2C14H11.C3H6.2ClH.Zr/c2*1-10-8-12-7-6-11-4-2-3-5-13(11)14(12)9-10;1-3-2;;;/h2*2-9H,1H3;1-3H2;2*1H;/q2*-1;-2;;;+2/p-2. The molecule has 0 bridgehead atoms. The zero-order valence-corrected chi connectivity index (χ0v) is 23.6. The predicted octanol–water partition coefficient (Wildman–Crippen LogP) is 3.09. The minimum atomic E-state index is 0. The Kier molecular flexibility index (Phi) is 12.3. The van der Waals surface area contributed by atoms with Gasteiger partial charge in [-0.2, -0.15) is 12.1 Å². The van der Waals surface area contributed by atoms with Gasteiger partial charge in [0.15, 0.2) is 0 Å². The summed E-state index contributed by atoms with van der Waals surface area (Å²) in [7, 11) is 0. The molecule has 0 N–H and O–H groups in total. The van der Waals surface area contributed by atoms with Crippen molar-refractivity contribution in [1.82, 2.24) is 0 Å². The Balaban J connectivity index is 0.000000283. The molecule has 0 saturated carbocycles. The second-order valence-corrected chi connectivity index (χ2v) is 8.00. The second-order valence-electron chi connectivity index (χ2n) is 8.00. The molecule has 0 aliphatic heterocycles. The van der Waals surface area contributed by atoms with E-state index in [0.717, 1.165) is 6.42 Å². The van der Waals surface area contributed by atoms with Crippen molar-refractivity contribution in [2.45, 2.75) is 20.3 Å². The van der Waals surface area contributed by atoms with Crippen molar-refractivity contribution in [2.75, 3.05) is 0 Å². The van der Waals surface area contributed by atoms with Crippen molar-refractivity contribution in [3.8, 4) is 0 Å². The van der Waals surface area contributed by atoms with E-state index in [9.17, 15) is 0 Å². The van der Waals surface area contributed by atoms with Gasteiger partial charge >= 0.3 is 26.2 Å². The molecule has 0 spiro atoms. The van der Waals surface area contributed by atoms with Crippen LogP contribution in [0.5, 0.6) is 0 Å². The molecule has 0 aliphatic rings. The summed E-state index contributed by atoms with van der Waals surface area (Å²) in [6.07, 6.45) is 0.750. The molecule has 0 saturated heterocycles. The van der Waals surface area contributed by atoms with E-state index in [-0.39, 0.29) is 51.0 Å². The number of fused-ring (bicyclic) bond motifs is 6. The van der Waals surface area contributed by atoms with Gasteiger partial charge in [-0.25, -0.2) is 0 Å². The van der Waals surface area contributed by atoms with Crippen LogP contribution in [0.15, 0.2) is 97.1 Å². The Hall–Kier alpha value is -1.92. The molecule has 6 rings (SSSR count). The quantitative estimate of drug-likeness (QED) is 0.250. The van der Waals surface area contributed by atoms with E-state index in [4.69, 9.17) is 0 Å². The van der Waals surface area contributed by atoms with Gasteiger partial charge in [-0.3, -0.25) is 0 Å². The summed E-state index contributed by atoms with van der Waals surface area (Å²) in [5, 5.41) is 10.8. The second kappa shape index (κ2) is 13.8. The van der Waals surface area contributed by atoms with E-state index >= 15 is 0 Å². The first-order valence-electron chi connectivity index (χ1n) is 10.8. The Morgan fingerprint density at radius 3 is 1.29 bits per heavy atom. The van der Waals surface area contributed by atoms with Crippen molar-refractivity contribution in [1.29, 1.82) is 0 Å². The number of halogens is 2. The van der Waals surface area contributed by atoms with Gasteiger partial charge in [-0.15, -0.1) is 56.9 Å². The molecule has 3 heteroatoms. The molecule has 0 fully saturated rings. The summed E-state index contributed by atoms with van der Waals surface area (Å²) in [5.41, 5.74) is 2.69. The first kappa shape index (κ1) is 30.1. The van der Waals surface area contributed by atoms with Gasteiger partial charge in [0.05, 0.1) is 0 Å². The van der Waals surface area contributed by atoms with Crippen molar-refractivity contribution in [3.05, 3.63) is 122 Å². The van der Waals surface area contributed by atoms with E-state index in [1.165, 1.54) is 54.2 Å². The summed E-state index contributed by atoms with van der Waals surface area (Å²) in [5.74, 6) is 0. The van der Waals surface area contributed by atoms with Crippen molar-refractivity contribution in [3.63, 3.8) is 0 Å². The molecule has 0 atom stereocenters. The third-order valence-electron chi connectivity index (χ3n) is 5.52. The van der Waals surface area contributed by atoms with Gasteiger partial charge < -0.3 is 45.1 Å². The van der Waals surface area contributed by atoms with Crippen LogP contribution in [-0.4, -0.2) is 0 Å². The Labute approximate surface area is 235 Å². The fraction of sp³-hybridized carbons (Fsp3) is 0.0968. The van der Waals surface area contributed by atoms with Crippen LogP contribution in [-0.2, 0) is 26.2 Å². The molecule has 0 nitrogen and oxygen atoms in total. The first-order valence-corrected chi connectivity index (χ1v) is 10.8. The monoisotopic (exact) mass is 560 g/mol. The maximum Gasteiger partial charge on any atom is 2.00 e. The molecule has 0 radical (unpaired) electrons. The molecule has 0 unspecified atom stereocenters. The molecule has 0 aromatic heterocycles. The minimum Gasteiger partial charge on any atom is -1.00 e. The summed E-state index contributed by atoms with van der Waals surface area (Å²) < 4.78 is 0. The molecular formula is C31H28Cl2Zr-4. The van der Waals surface area contributed by atoms with E-state index < -0.39 is 0 Å². The Morgan fingerprint density at radius 1 is 0.559 bits per heavy atom. The fourth-order valence-electron chi connectivity index (χ4n) is 4.23. The van der Waals surface area contributed by atoms with Gasteiger partial charge in [0.1, 0.15) is 0 Å². The number of rotatable bonds is 0. The first-order chi connectivity index (χ1) is 15.1. The van der Waals surface area contributed by atoms with Crippen LogP contribution in [0.2, 0.25) is 0 Å². The van der Waals surface area contributed by atoms with Gasteiger partial charge in [0.25, 0.3) is 0 Å². The van der Waals surface area contributed by atoms with E-state index in [1.807, 2.05) is 0 Å². The predicted molar refractivity (Wildman–Crippen MR) is 139 cm³/mol. The SMILES string of the molecule is Cc1cc2c(ccc3ccccc32)[cH-]1.Cc1cc2c(ccc3ccccc32)[cH-]1.[CH2-]C[CH2-].[Cl-].[Cl-].[Zr+2]. The third-order valence-corrected chi connectivity index (χ3v) is 5.52. The third kappa shape index (κ3) is 6.60. The number of benzene rings is 4. The maximum atomic E-state index is 3.38. The minimum absolute atomic E-state index is 0. The Bertz CT molecular complexity index is 1340. The maximum absolute atomic E-state index is 3.38. The van der Waals surface area contributed by atoms with Crippen LogP contribution < -0.4 is 24.8 Å². The summed E-state index contributed by atoms with van der Waals surface area (Å²) >= 11 is 0. The molecule has 0 amide bonds. The van der Waals surface area contributed by atoms with E-state index in [1.54, 1.807) is 0 Å². The summed E-state index contributed by atoms with van der Waals surface area (Å²) in [6.45, 7) is 11.0.